The number of nitrogens with zero attached hydrogens (tertiary/aromatic N) is 1. The zero-order chi connectivity index (χ0) is 16.2. The van der Waals surface area contributed by atoms with Crippen LogP contribution in [0.15, 0.2) is 0 Å². The summed E-state index contributed by atoms with van der Waals surface area (Å²) in [7, 11) is 0. The molecule has 5 nitrogen and oxygen atoms in total. The molecule has 0 atom stereocenters. The smallest absolute Gasteiger partial charge is 0.317 e. The summed E-state index contributed by atoms with van der Waals surface area (Å²) in [5.74, 6) is 0.452. The van der Waals surface area contributed by atoms with Gasteiger partial charge in [0.2, 0.25) is 5.91 Å². The van der Waals surface area contributed by atoms with E-state index in [0.29, 0.717) is 0 Å². The average Bonchev–Trinajstić information content (AvgIpc) is 2.47. The van der Waals surface area contributed by atoms with E-state index in [-0.39, 0.29) is 29.4 Å². The van der Waals surface area contributed by atoms with Gasteiger partial charge in [0.25, 0.3) is 0 Å². The Morgan fingerprint density at radius 1 is 0.955 bits per heavy atom. The van der Waals surface area contributed by atoms with Crippen LogP contribution in [-0.4, -0.2) is 41.5 Å². The number of likely N-dealkylation sites (tertiary alicyclic amines) is 1. The molecule has 0 unspecified atom stereocenters. The highest BCUT2D eigenvalue weighted by molar-refractivity contribution is 5.79. The maximum Gasteiger partial charge on any atom is 0.317 e. The van der Waals surface area contributed by atoms with Gasteiger partial charge in [-0.25, -0.2) is 4.79 Å². The highest BCUT2D eigenvalue weighted by Crippen LogP contribution is 2.24. The molecule has 1 aliphatic carbocycles. The quantitative estimate of drug-likeness (QED) is 0.824. The maximum atomic E-state index is 12.3. The number of hydrogen-bond acceptors (Lipinski definition) is 2. The van der Waals surface area contributed by atoms with E-state index in [4.69, 9.17) is 0 Å². The molecule has 0 spiro atoms. The van der Waals surface area contributed by atoms with Crippen LogP contribution < -0.4 is 10.6 Å². The predicted octanol–water partition coefficient (Wildman–Crippen LogP) is 2.66. The molecule has 5 heteroatoms. The summed E-state index contributed by atoms with van der Waals surface area (Å²) >= 11 is 0. The first-order valence-electron chi connectivity index (χ1n) is 8.72. The van der Waals surface area contributed by atoms with Crippen LogP contribution in [0.3, 0.4) is 0 Å². The zero-order valence-electron chi connectivity index (χ0n) is 14.3. The summed E-state index contributed by atoms with van der Waals surface area (Å²) in [5, 5.41) is 6.19. The maximum absolute atomic E-state index is 12.3. The van der Waals surface area contributed by atoms with Gasteiger partial charge in [-0.05, 0) is 46.5 Å². The predicted molar refractivity (Wildman–Crippen MR) is 87.6 cm³/mol. The molecule has 2 fully saturated rings. The lowest BCUT2D eigenvalue weighted by Gasteiger charge is -2.35. The number of carbonyl (C=O) groups is 2. The van der Waals surface area contributed by atoms with Crippen LogP contribution in [0.2, 0.25) is 0 Å². The van der Waals surface area contributed by atoms with E-state index in [2.05, 4.69) is 10.6 Å². The second-order valence-corrected chi connectivity index (χ2v) is 7.78. The third kappa shape index (κ3) is 5.18. The second-order valence-electron chi connectivity index (χ2n) is 7.78. The Labute approximate surface area is 134 Å². The summed E-state index contributed by atoms with van der Waals surface area (Å²) in [6.07, 6.45) is 7.43. The summed E-state index contributed by atoms with van der Waals surface area (Å²) < 4.78 is 0. The third-order valence-corrected chi connectivity index (χ3v) is 4.59. The molecule has 0 aromatic carbocycles. The molecule has 22 heavy (non-hydrogen) atoms. The van der Waals surface area contributed by atoms with E-state index in [1.165, 1.54) is 19.3 Å². The van der Waals surface area contributed by atoms with Gasteiger partial charge < -0.3 is 15.5 Å². The number of rotatable bonds is 2. The minimum atomic E-state index is -0.205. The molecular formula is C17H31N3O2. The summed E-state index contributed by atoms with van der Waals surface area (Å²) in [5.41, 5.74) is -0.205. The van der Waals surface area contributed by atoms with Gasteiger partial charge >= 0.3 is 6.03 Å². The van der Waals surface area contributed by atoms with Crippen molar-refractivity contribution in [3.63, 3.8) is 0 Å². The molecule has 3 amide bonds. The summed E-state index contributed by atoms with van der Waals surface area (Å²) in [4.78, 5) is 26.2. The number of amides is 3. The molecule has 1 saturated carbocycles. The number of carbonyl (C=O) groups excluding carboxylic acids is 2. The Bertz CT molecular complexity index is 389. The van der Waals surface area contributed by atoms with Crippen molar-refractivity contribution in [2.75, 3.05) is 13.1 Å². The molecule has 0 radical (unpaired) electrons. The molecule has 1 heterocycles. The SMILES string of the molecule is CC(C)(C)NC(=O)N1CCC(NC(=O)C2CCCCC2)CC1. The Hall–Kier alpha value is -1.26. The van der Waals surface area contributed by atoms with Crippen LogP contribution in [0.1, 0.15) is 65.7 Å². The zero-order valence-corrected chi connectivity index (χ0v) is 14.3. The molecular weight excluding hydrogens is 278 g/mol. The molecule has 0 aromatic rings. The van der Waals surface area contributed by atoms with E-state index in [0.717, 1.165) is 38.8 Å². The standard InChI is InChI=1S/C17H31N3O2/c1-17(2,3)19-16(22)20-11-9-14(10-12-20)18-15(21)13-7-5-4-6-8-13/h13-14H,4-12H2,1-3H3,(H,18,21)(H,19,22). The van der Waals surface area contributed by atoms with Crippen LogP contribution in [-0.2, 0) is 4.79 Å². The first-order chi connectivity index (χ1) is 10.3. The number of hydrogen-bond donors (Lipinski definition) is 2. The van der Waals surface area contributed by atoms with Gasteiger partial charge in [0, 0.05) is 30.6 Å². The average molecular weight is 309 g/mol. The van der Waals surface area contributed by atoms with E-state index in [1.807, 2.05) is 25.7 Å². The minimum Gasteiger partial charge on any atom is -0.353 e. The van der Waals surface area contributed by atoms with Gasteiger partial charge in [0.05, 0.1) is 0 Å². The molecule has 0 aromatic heterocycles. The van der Waals surface area contributed by atoms with E-state index < -0.39 is 0 Å². The lowest BCUT2D eigenvalue weighted by Crippen LogP contribution is -2.53. The molecule has 126 valence electrons. The molecule has 1 aliphatic heterocycles. The van der Waals surface area contributed by atoms with Crippen LogP contribution in [0.5, 0.6) is 0 Å². The number of urea groups is 1. The topological polar surface area (TPSA) is 61.4 Å². The van der Waals surface area contributed by atoms with Crippen LogP contribution in [0.25, 0.3) is 0 Å². The van der Waals surface area contributed by atoms with Crippen LogP contribution in [0.4, 0.5) is 4.79 Å². The Morgan fingerprint density at radius 3 is 2.09 bits per heavy atom. The number of nitrogens with one attached hydrogen (secondary N) is 2. The van der Waals surface area contributed by atoms with Crippen LogP contribution in [0, 0.1) is 5.92 Å². The lowest BCUT2D eigenvalue weighted by atomic mass is 9.88. The Balaban J connectivity index is 1.72. The van der Waals surface area contributed by atoms with Crippen molar-refractivity contribution in [1.82, 2.24) is 15.5 Å². The molecule has 2 aliphatic rings. The van der Waals surface area contributed by atoms with E-state index in [1.54, 1.807) is 0 Å². The van der Waals surface area contributed by atoms with Crippen molar-refractivity contribution in [3.05, 3.63) is 0 Å². The lowest BCUT2D eigenvalue weighted by molar-refractivity contribution is -0.126. The highest BCUT2D eigenvalue weighted by Gasteiger charge is 2.28. The number of piperidine rings is 1. The van der Waals surface area contributed by atoms with Crippen molar-refractivity contribution in [1.29, 1.82) is 0 Å². The van der Waals surface area contributed by atoms with E-state index in [9.17, 15) is 9.59 Å². The first kappa shape index (κ1) is 17.1. The van der Waals surface area contributed by atoms with Gasteiger partial charge in [-0.15, -0.1) is 0 Å². The minimum absolute atomic E-state index is 0.00422. The van der Waals surface area contributed by atoms with Crippen molar-refractivity contribution < 1.29 is 9.59 Å². The fourth-order valence-electron chi connectivity index (χ4n) is 3.31. The van der Waals surface area contributed by atoms with Crippen molar-refractivity contribution in [2.45, 2.75) is 77.3 Å². The fraction of sp³-hybridized carbons (Fsp3) is 0.882. The first-order valence-corrected chi connectivity index (χ1v) is 8.72. The Morgan fingerprint density at radius 2 is 1.55 bits per heavy atom. The molecule has 2 rings (SSSR count). The monoisotopic (exact) mass is 309 g/mol. The molecule has 1 saturated heterocycles. The van der Waals surface area contributed by atoms with Crippen molar-refractivity contribution in [2.24, 2.45) is 5.92 Å². The third-order valence-electron chi connectivity index (χ3n) is 4.59. The van der Waals surface area contributed by atoms with Crippen LogP contribution >= 0.6 is 0 Å². The van der Waals surface area contributed by atoms with E-state index >= 15 is 0 Å². The molecule has 2 N–H and O–H groups in total. The Kier molecular flexibility index (Phi) is 5.70. The van der Waals surface area contributed by atoms with Crippen molar-refractivity contribution >= 4 is 11.9 Å². The molecule has 0 bridgehead atoms. The normalized spacial score (nSPS) is 21.5. The van der Waals surface area contributed by atoms with Gasteiger partial charge in [0.15, 0.2) is 0 Å². The summed E-state index contributed by atoms with van der Waals surface area (Å²) in [6.45, 7) is 7.40. The summed E-state index contributed by atoms with van der Waals surface area (Å²) in [6, 6.07) is 0.234. The van der Waals surface area contributed by atoms with Gasteiger partial charge in [-0.2, -0.15) is 0 Å². The van der Waals surface area contributed by atoms with Gasteiger partial charge in [0.1, 0.15) is 0 Å². The van der Waals surface area contributed by atoms with Gasteiger partial charge in [-0.1, -0.05) is 19.3 Å². The second kappa shape index (κ2) is 7.34. The largest absolute Gasteiger partial charge is 0.353 e. The van der Waals surface area contributed by atoms with Gasteiger partial charge in [-0.3, -0.25) is 4.79 Å². The van der Waals surface area contributed by atoms with Crippen molar-refractivity contribution in [3.8, 4) is 0 Å². The highest BCUT2D eigenvalue weighted by atomic mass is 16.2. The fourth-order valence-corrected chi connectivity index (χ4v) is 3.31.